The predicted octanol–water partition coefficient (Wildman–Crippen LogP) is 3.96. The summed E-state index contributed by atoms with van der Waals surface area (Å²) < 4.78 is 13.1. The smallest absolute Gasteiger partial charge is 0.173 e. The zero-order valence-electron chi connectivity index (χ0n) is 11.6. The molecule has 0 radical (unpaired) electrons. The van der Waals surface area contributed by atoms with Gasteiger partial charge in [-0.2, -0.15) is 0 Å². The molecule has 0 heterocycles. The zero-order valence-corrected chi connectivity index (χ0v) is 12.4. The average Bonchev–Trinajstić information content (AvgIpc) is 2.38. The van der Waals surface area contributed by atoms with Crippen LogP contribution < -0.4 is 5.32 Å². The summed E-state index contributed by atoms with van der Waals surface area (Å²) in [6.07, 6.45) is 0. The second-order valence-corrected chi connectivity index (χ2v) is 5.17. The highest BCUT2D eigenvalue weighted by molar-refractivity contribution is 7.80. The van der Waals surface area contributed by atoms with Crippen molar-refractivity contribution in [2.24, 2.45) is 0 Å². The predicted molar refractivity (Wildman–Crippen MR) is 85.3 cm³/mol. The van der Waals surface area contributed by atoms with Crippen LogP contribution in [0.3, 0.4) is 0 Å². The summed E-state index contributed by atoms with van der Waals surface area (Å²) in [6, 6.07) is 14.6. The lowest BCUT2D eigenvalue weighted by Gasteiger charge is -2.21. The van der Waals surface area contributed by atoms with Crippen molar-refractivity contribution < 1.29 is 4.39 Å². The minimum absolute atomic E-state index is 0.228. The fourth-order valence-corrected chi connectivity index (χ4v) is 2.11. The largest absolute Gasteiger partial charge is 0.348 e. The van der Waals surface area contributed by atoms with Gasteiger partial charge >= 0.3 is 0 Å². The van der Waals surface area contributed by atoms with Gasteiger partial charge in [-0.05, 0) is 54.5 Å². The second kappa shape index (κ2) is 6.48. The molecule has 2 aromatic carbocycles. The molecule has 2 nitrogen and oxygen atoms in total. The maximum Gasteiger partial charge on any atom is 0.173 e. The summed E-state index contributed by atoms with van der Waals surface area (Å²) in [4.78, 5) is 1.88. The lowest BCUT2D eigenvalue weighted by Crippen LogP contribution is -2.30. The fourth-order valence-electron chi connectivity index (χ4n) is 1.92. The third-order valence-corrected chi connectivity index (χ3v) is 3.34. The number of aryl methyl sites for hydroxylation is 1. The van der Waals surface area contributed by atoms with Gasteiger partial charge in [-0.3, -0.25) is 0 Å². The van der Waals surface area contributed by atoms with E-state index in [9.17, 15) is 4.39 Å². The van der Waals surface area contributed by atoms with Crippen molar-refractivity contribution in [3.05, 3.63) is 65.5 Å². The Morgan fingerprint density at radius 2 is 1.95 bits per heavy atom. The number of nitrogens with zero attached hydrogens (tertiary/aromatic N) is 1. The standard InChI is InChI=1S/C16H17FN2S/c1-12-5-3-8-15(9-12)18-16(20)19(2)11-13-6-4-7-14(17)10-13/h3-10H,11H2,1-2H3,(H,18,20). The summed E-state index contributed by atoms with van der Waals surface area (Å²) in [5.74, 6) is -0.228. The minimum Gasteiger partial charge on any atom is -0.348 e. The lowest BCUT2D eigenvalue weighted by molar-refractivity contribution is 0.505. The highest BCUT2D eigenvalue weighted by Gasteiger charge is 2.06. The van der Waals surface area contributed by atoms with E-state index in [4.69, 9.17) is 12.2 Å². The fraction of sp³-hybridized carbons (Fsp3) is 0.188. The van der Waals surface area contributed by atoms with Crippen molar-refractivity contribution in [3.8, 4) is 0 Å². The van der Waals surface area contributed by atoms with Crippen LogP contribution >= 0.6 is 12.2 Å². The first kappa shape index (κ1) is 14.5. The average molecular weight is 288 g/mol. The molecule has 1 N–H and O–H groups in total. The number of hydrogen-bond acceptors (Lipinski definition) is 1. The first-order valence-corrected chi connectivity index (χ1v) is 6.78. The zero-order chi connectivity index (χ0) is 14.5. The molecule has 0 atom stereocenters. The highest BCUT2D eigenvalue weighted by atomic mass is 32.1. The van der Waals surface area contributed by atoms with E-state index >= 15 is 0 Å². The van der Waals surface area contributed by atoms with Crippen LogP contribution in [-0.4, -0.2) is 17.1 Å². The first-order valence-electron chi connectivity index (χ1n) is 6.38. The Kier molecular flexibility index (Phi) is 4.69. The molecule has 20 heavy (non-hydrogen) atoms. The van der Waals surface area contributed by atoms with Gasteiger partial charge in [0.2, 0.25) is 0 Å². The molecule has 0 amide bonds. The third-order valence-electron chi connectivity index (χ3n) is 2.92. The molecule has 2 aromatic rings. The Hall–Kier alpha value is -1.94. The molecular formula is C16H17FN2S. The van der Waals surface area contributed by atoms with Gasteiger partial charge in [0.1, 0.15) is 5.82 Å². The molecular weight excluding hydrogens is 271 g/mol. The number of hydrogen-bond donors (Lipinski definition) is 1. The Morgan fingerprint density at radius 3 is 2.65 bits per heavy atom. The third kappa shape index (κ3) is 4.03. The van der Waals surface area contributed by atoms with Gasteiger partial charge in [-0.15, -0.1) is 0 Å². The number of anilines is 1. The molecule has 0 aliphatic carbocycles. The maximum absolute atomic E-state index is 13.1. The summed E-state index contributed by atoms with van der Waals surface area (Å²) >= 11 is 5.36. The molecule has 0 fully saturated rings. The molecule has 0 aliphatic rings. The van der Waals surface area contributed by atoms with Gasteiger partial charge in [-0.25, -0.2) is 4.39 Å². The summed E-state index contributed by atoms with van der Waals surface area (Å²) in [5, 5.41) is 3.79. The van der Waals surface area contributed by atoms with E-state index in [1.165, 1.54) is 17.7 Å². The van der Waals surface area contributed by atoms with Crippen LogP contribution in [0.25, 0.3) is 0 Å². The van der Waals surface area contributed by atoms with Gasteiger partial charge in [0.05, 0.1) is 0 Å². The Bertz CT molecular complexity index is 613. The van der Waals surface area contributed by atoms with Crippen molar-refractivity contribution in [2.75, 3.05) is 12.4 Å². The maximum atomic E-state index is 13.1. The summed E-state index contributed by atoms with van der Waals surface area (Å²) in [6.45, 7) is 2.60. The number of halogens is 1. The van der Waals surface area contributed by atoms with Crippen molar-refractivity contribution >= 4 is 23.0 Å². The molecule has 0 saturated carbocycles. The van der Waals surface area contributed by atoms with E-state index in [0.29, 0.717) is 11.7 Å². The van der Waals surface area contributed by atoms with E-state index in [1.807, 2.05) is 49.2 Å². The molecule has 104 valence electrons. The molecule has 0 spiro atoms. The van der Waals surface area contributed by atoms with E-state index in [2.05, 4.69) is 5.32 Å². The van der Waals surface area contributed by atoms with Crippen LogP contribution in [0.4, 0.5) is 10.1 Å². The number of nitrogens with one attached hydrogen (secondary N) is 1. The molecule has 0 bridgehead atoms. The number of rotatable bonds is 3. The van der Waals surface area contributed by atoms with Crippen molar-refractivity contribution in [1.82, 2.24) is 4.90 Å². The lowest BCUT2D eigenvalue weighted by atomic mass is 10.2. The molecule has 0 aliphatic heterocycles. The minimum atomic E-state index is -0.228. The van der Waals surface area contributed by atoms with Crippen molar-refractivity contribution in [3.63, 3.8) is 0 Å². The van der Waals surface area contributed by atoms with Gasteiger partial charge in [0.25, 0.3) is 0 Å². The van der Waals surface area contributed by atoms with Gasteiger partial charge < -0.3 is 10.2 Å². The summed E-state index contributed by atoms with van der Waals surface area (Å²) in [5.41, 5.74) is 3.02. The van der Waals surface area contributed by atoms with E-state index < -0.39 is 0 Å². The van der Waals surface area contributed by atoms with Gasteiger partial charge in [-0.1, -0.05) is 24.3 Å². The Labute approximate surface area is 124 Å². The van der Waals surface area contributed by atoms with Gasteiger partial charge in [0.15, 0.2) is 5.11 Å². The van der Waals surface area contributed by atoms with Crippen LogP contribution in [0, 0.1) is 12.7 Å². The van der Waals surface area contributed by atoms with Crippen molar-refractivity contribution in [2.45, 2.75) is 13.5 Å². The van der Waals surface area contributed by atoms with E-state index in [-0.39, 0.29) is 5.82 Å². The highest BCUT2D eigenvalue weighted by Crippen LogP contribution is 2.12. The first-order chi connectivity index (χ1) is 9.54. The number of benzene rings is 2. The van der Waals surface area contributed by atoms with Crippen LogP contribution in [0.1, 0.15) is 11.1 Å². The number of thiocarbonyl (C=S) groups is 1. The monoisotopic (exact) mass is 288 g/mol. The van der Waals surface area contributed by atoms with Crippen LogP contribution in [-0.2, 0) is 6.54 Å². The molecule has 2 rings (SSSR count). The van der Waals surface area contributed by atoms with E-state index in [0.717, 1.165) is 11.3 Å². The second-order valence-electron chi connectivity index (χ2n) is 4.79. The van der Waals surface area contributed by atoms with Crippen LogP contribution in [0.5, 0.6) is 0 Å². The van der Waals surface area contributed by atoms with Crippen LogP contribution in [0.2, 0.25) is 0 Å². The normalized spacial score (nSPS) is 10.2. The topological polar surface area (TPSA) is 15.3 Å². The quantitative estimate of drug-likeness (QED) is 0.861. The molecule has 0 unspecified atom stereocenters. The Balaban J connectivity index is 1.98. The Morgan fingerprint density at radius 1 is 1.20 bits per heavy atom. The van der Waals surface area contributed by atoms with Crippen molar-refractivity contribution in [1.29, 1.82) is 0 Å². The summed E-state index contributed by atoms with van der Waals surface area (Å²) in [7, 11) is 1.88. The SMILES string of the molecule is Cc1cccc(NC(=S)N(C)Cc2cccc(F)c2)c1. The molecule has 0 saturated heterocycles. The van der Waals surface area contributed by atoms with E-state index in [1.54, 1.807) is 6.07 Å². The van der Waals surface area contributed by atoms with Gasteiger partial charge in [0, 0.05) is 19.3 Å². The molecule has 4 heteroatoms. The molecule has 0 aromatic heterocycles. The van der Waals surface area contributed by atoms with Crippen LogP contribution in [0.15, 0.2) is 48.5 Å².